The minimum Gasteiger partial charge on any atom is -0.489 e. The first-order valence-corrected chi connectivity index (χ1v) is 7.57. The second-order valence-corrected chi connectivity index (χ2v) is 5.49. The van der Waals surface area contributed by atoms with Crippen molar-refractivity contribution in [3.8, 4) is 5.75 Å². The summed E-state index contributed by atoms with van der Waals surface area (Å²) in [5, 5.41) is 6.21. The highest BCUT2D eigenvalue weighted by molar-refractivity contribution is 5.95. The van der Waals surface area contributed by atoms with Crippen LogP contribution in [-0.2, 0) is 6.61 Å². The van der Waals surface area contributed by atoms with Gasteiger partial charge in [-0.3, -0.25) is 4.79 Å². The minimum atomic E-state index is -0.0286. The molecular weight excluding hydrogens is 276 g/mol. The van der Waals surface area contributed by atoms with Crippen LogP contribution in [0.15, 0.2) is 54.6 Å². The lowest BCUT2D eigenvalue weighted by molar-refractivity contribution is 0.0939. The Balaban J connectivity index is 1.62. The molecule has 0 aromatic heterocycles. The molecule has 1 fully saturated rings. The Morgan fingerprint density at radius 3 is 2.55 bits per heavy atom. The number of ether oxygens (including phenoxy) is 1. The first kappa shape index (κ1) is 14.6. The Hall–Kier alpha value is -2.33. The van der Waals surface area contributed by atoms with Crippen LogP contribution >= 0.6 is 0 Å². The standard InChI is InChI=1S/C18H20N2O2/c21-18(20-12-14-10-19-11-14)17-9-5-4-6-15(17)13-22-16-7-2-1-3-8-16/h1-9,14,19H,10-13H2,(H,20,21). The van der Waals surface area contributed by atoms with E-state index in [0.29, 0.717) is 18.1 Å². The quantitative estimate of drug-likeness (QED) is 0.859. The maximum Gasteiger partial charge on any atom is 0.251 e. The number of carbonyl (C=O) groups is 1. The number of nitrogens with one attached hydrogen (secondary N) is 2. The van der Waals surface area contributed by atoms with Crippen LogP contribution in [0.4, 0.5) is 0 Å². The Kier molecular flexibility index (Phi) is 4.71. The van der Waals surface area contributed by atoms with E-state index in [-0.39, 0.29) is 5.91 Å². The van der Waals surface area contributed by atoms with Gasteiger partial charge in [-0.15, -0.1) is 0 Å². The Bertz CT molecular complexity index is 624. The molecule has 2 aromatic rings. The van der Waals surface area contributed by atoms with E-state index in [9.17, 15) is 4.79 Å². The third-order valence-electron chi connectivity index (χ3n) is 3.82. The van der Waals surface area contributed by atoms with Gasteiger partial charge in [-0.2, -0.15) is 0 Å². The van der Waals surface area contributed by atoms with Crippen LogP contribution < -0.4 is 15.4 Å². The first-order chi connectivity index (χ1) is 10.8. The third kappa shape index (κ3) is 3.65. The summed E-state index contributed by atoms with van der Waals surface area (Å²) in [6.07, 6.45) is 0. The van der Waals surface area contributed by atoms with Crippen LogP contribution in [0.3, 0.4) is 0 Å². The maximum absolute atomic E-state index is 12.3. The molecule has 22 heavy (non-hydrogen) atoms. The van der Waals surface area contributed by atoms with Gasteiger partial charge >= 0.3 is 0 Å². The molecule has 1 heterocycles. The van der Waals surface area contributed by atoms with Crippen LogP contribution in [0.1, 0.15) is 15.9 Å². The molecule has 1 aliphatic rings. The molecule has 2 N–H and O–H groups in total. The van der Waals surface area contributed by atoms with E-state index in [4.69, 9.17) is 4.74 Å². The monoisotopic (exact) mass is 296 g/mol. The topological polar surface area (TPSA) is 50.4 Å². The number of rotatable bonds is 6. The van der Waals surface area contributed by atoms with Crippen molar-refractivity contribution in [1.82, 2.24) is 10.6 Å². The molecule has 4 nitrogen and oxygen atoms in total. The number of para-hydroxylation sites is 1. The summed E-state index contributed by atoms with van der Waals surface area (Å²) in [6.45, 7) is 3.08. The third-order valence-corrected chi connectivity index (χ3v) is 3.82. The van der Waals surface area contributed by atoms with Gasteiger partial charge in [-0.05, 0) is 18.2 Å². The molecule has 0 spiro atoms. The first-order valence-electron chi connectivity index (χ1n) is 7.57. The highest BCUT2D eigenvalue weighted by atomic mass is 16.5. The van der Waals surface area contributed by atoms with Crippen LogP contribution in [0.2, 0.25) is 0 Å². The molecule has 1 amide bonds. The molecule has 0 aliphatic carbocycles. The molecule has 1 saturated heterocycles. The molecule has 1 aliphatic heterocycles. The summed E-state index contributed by atoms with van der Waals surface area (Å²) in [4.78, 5) is 12.3. The second kappa shape index (κ2) is 7.09. The summed E-state index contributed by atoms with van der Waals surface area (Å²) in [5.41, 5.74) is 1.58. The van der Waals surface area contributed by atoms with Gasteiger partial charge < -0.3 is 15.4 Å². The molecular formula is C18H20N2O2. The summed E-state index contributed by atoms with van der Waals surface area (Å²) < 4.78 is 5.75. The van der Waals surface area contributed by atoms with Gasteiger partial charge in [-0.25, -0.2) is 0 Å². The van der Waals surface area contributed by atoms with E-state index in [1.54, 1.807) is 0 Å². The molecule has 114 valence electrons. The second-order valence-electron chi connectivity index (χ2n) is 5.49. The van der Waals surface area contributed by atoms with Gasteiger partial charge in [0.25, 0.3) is 5.91 Å². The van der Waals surface area contributed by atoms with E-state index in [1.807, 2.05) is 54.6 Å². The number of hydrogen-bond acceptors (Lipinski definition) is 3. The van der Waals surface area contributed by atoms with Crippen molar-refractivity contribution in [1.29, 1.82) is 0 Å². The molecule has 0 bridgehead atoms. The molecule has 0 atom stereocenters. The van der Waals surface area contributed by atoms with E-state index >= 15 is 0 Å². The number of hydrogen-bond donors (Lipinski definition) is 2. The van der Waals surface area contributed by atoms with Gasteiger partial charge in [0.2, 0.25) is 0 Å². The fraction of sp³-hybridized carbons (Fsp3) is 0.278. The highest BCUT2D eigenvalue weighted by Gasteiger charge is 2.18. The minimum absolute atomic E-state index is 0.0286. The Morgan fingerprint density at radius 2 is 1.82 bits per heavy atom. The van der Waals surface area contributed by atoms with Crippen molar-refractivity contribution in [3.05, 3.63) is 65.7 Å². The number of amides is 1. The van der Waals surface area contributed by atoms with Gasteiger partial charge in [0, 0.05) is 36.7 Å². The number of benzene rings is 2. The predicted octanol–water partition coefficient (Wildman–Crippen LogP) is 2.21. The SMILES string of the molecule is O=C(NCC1CNC1)c1ccccc1COc1ccccc1. The Labute approximate surface area is 130 Å². The fourth-order valence-corrected chi connectivity index (χ4v) is 2.37. The van der Waals surface area contributed by atoms with Crippen molar-refractivity contribution in [2.75, 3.05) is 19.6 Å². The van der Waals surface area contributed by atoms with Crippen molar-refractivity contribution >= 4 is 5.91 Å². The van der Waals surface area contributed by atoms with E-state index < -0.39 is 0 Å². The lowest BCUT2D eigenvalue weighted by atomic mass is 10.0. The highest BCUT2D eigenvalue weighted by Crippen LogP contribution is 2.15. The van der Waals surface area contributed by atoms with E-state index in [1.165, 1.54) is 0 Å². The van der Waals surface area contributed by atoms with Gasteiger partial charge in [-0.1, -0.05) is 36.4 Å². The summed E-state index contributed by atoms with van der Waals surface area (Å²) in [7, 11) is 0. The largest absolute Gasteiger partial charge is 0.489 e. The average Bonchev–Trinajstić information content (AvgIpc) is 2.52. The van der Waals surface area contributed by atoms with Crippen LogP contribution in [-0.4, -0.2) is 25.5 Å². The summed E-state index contributed by atoms with van der Waals surface area (Å²) in [6, 6.07) is 17.2. The maximum atomic E-state index is 12.3. The zero-order valence-electron chi connectivity index (χ0n) is 12.4. The van der Waals surface area contributed by atoms with Gasteiger partial charge in [0.1, 0.15) is 12.4 Å². The molecule has 4 heteroatoms. The van der Waals surface area contributed by atoms with Crippen molar-refractivity contribution in [2.45, 2.75) is 6.61 Å². The zero-order chi connectivity index (χ0) is 15.2. The van der Waals surface area contributed by atoms with Crippen LogP contribution in [0, 0.1) is 5.92 Å². The van der Waals surface area contributed by atoms with E-state index in [0.717, 1.165) is 30.9 Å². The predicted molar refractivity (Wildman–Crippen MR) is 85.9 cm³/mol. The van der Waals surface area contributed by atoms with E-state index in [2.05, 4.69) is 10.6 Å². The average molecular weight is 296 g/mol. The van der Waals surface area contributed by atoms with Crippen molar-refractivity contribution in [3.63, 3.8) is 0 Å². The molecule has 0 radical (unpaired) electrons. The van der Waals surface area contributed by atoms with Crippen LogP contribution in [0.25, 0.3) is 0 Å². The van der Waals surface area contributed by atoms with Crippen molar-refractivity contribution < 1.29 is 9.53 Å². The summed E-state index contributed by atoms with van der Waals surface area (Å²) in [5.74, 6) is 1.33. The zero-order valence-corrected chi connectivity index (χ0v) is 12.4. The normalized spacial score (nSPS) is 14.2. The molecule has 0 unspecified atom stereocenters. The lowest BCUT2D eigenvalue weighted by Crippen LogP contribution is -2.48. The molecule has 2 aromatic carbocycles. The summed E-state index contributed by atoms with van der Waals surface area (Å²) >= 11 is 0. The molecule has 3 rings (SSSR count). The Morgan fingerprint density at radius 1 is 1.09 bits per heavy atom. The van der Waals surface area contributed by atoms with Gasteiger partial charge in [0.15, 0.2) is 0 Å². The van der Waals surface area contributed by atoms with Gasteiger partial charge in [0.05, 0.1) is 0 Å². The lowest BCUT2D eigenvalue weighted by Gasteiger charge is -2.27. The number of carbonyl (C=O) groups excluding carboxylic acids is 1. The fourth-order valence-electron chi connectivity index (χ4n) is 2.37. The van der Waals surface area contributed by atoms with Crippen LogP contribution in [0.5, 0.6) is 5.75 Å². The molecule has 0 saturated carbocycles. The van der Waals surface area contributed by atoms with Crippen molar-refractivity contribution in [2.24, 2.45) is 5.92 Å². The smallest absolute Gasteiger partial charge is 0.251 e.